The first kappa shape index (κ1) is 12.0. The highest BCUT2D eigenvalue weighted by molar-refractivity contribution is 5.87. The van der Waals surface area contributed by atoms with Crippen LogP contribution in [0.5, 0.6) is 0 Å². The van der Waals surface area contributed by atoms with E-state index in [-0.39, 0.29) is 11.7 Å². The first-order valence-electron chi connectivity index (χ1n) is 5.33. The summed E-state index contributed by atoms with van der Waals surface area (Å²) in [5.41, 5.74) is 0. The fourth-order valence-corrected chi connectivity index (χ4v) is 1.87. The molecule has 1 N–H and O–H groups in total. The molecule has 4 heteroatoms. The number of piperidine rings is 1. The average molecular weight is 212 g/mol. The standard InChI is InChI=1S/C11H20N2O2/c1-9(14)8-11(15)13-6-4-10(5-7-13)12(2)3/h8,10,14H,4-7H2,1-3H3. The molecule has 0 aromatic rings. The van der Waals surface area contributed by atoms with Crippen LogP contribution in [0.1, 0.15) is 19.8 Å². The molecule has 4 nitrogen and oxygen atoms in total. The Balaban J connectivity index is 2.44. The smallest absolute Gasteiger partial charge is 0.249 e. The van der Waals surface area contributed by atoms with E-state index in [4.69, 9.17) is 5.11 Å². The fraction of sp³-hybridized carbons (Fsp3) is 0.727. The molecule has 1 heterocycles. The maximum atomic E-state index is 11.6. The highest BCUT2D eigenvalue weighted by atomic mass is 16.3. The first-order chi connectivity index (χ1) is 7.00. The fourth-order valence-electron chi connectivity index (χ4n) is 1.87. The van der Waals surface area contributed by atoms with E-state index in [1.165, 1.54) is 13.0 Å². The molecule has 15 heavy (non-hydrogen) atoms. The molecule has 0 bridgehead atoms. The van der Waals surface area contributed by atoms with Gasteiger partial charge in [-0.2, -0.15) is 0 Å². The average Bonchev–Trinajstić information content (AvgIpc) is 2.17. The first-order valence-corrected chi connectivity index (χ1v) is 5.33. The highest BCUT2D eigenvalue weighted by Gasteiger charge is 2.22. The van der Waals surface area contributed by atoms with E-state index in [0.29, 0.717) is 6.04 Å². The lowest BCUT2D eigenvalue weighted by Gasteiger charge is -2.34. The van der Waals surface area contributed by atoms with E-state index in [1.54, 1.807) is 4.90 Å². The predicted molar refractivity (Wildman–Crippen MR) is 59.7 cm³/mol. The van der Waals surface area contributed by atoms with Gasteiger partial charge in [0, 0.05) is 25.2 Å². The van der Waals surface area contributed by atoms with Gasteiger partial charge in [-0.15, -0.1) is 0 Å². The molecule has 1 rings (SSSR count). The van der Waals surface area contributed by atoms with Crippen LogP contribution < -0.4 is 0 Å². The van der Waals surface area contributed by atoms with Crippen LogP contribution in [0.25, 0.3) is 0 Å². The highest BCUT2D eigenvalue weighted by Crippen LogP contribution is 2.14. The van der Waals surface area contributed by atoms with Crippen molar-refractivity contribution < 1.29 is 9.90 Å². The number of amides is 1. The molecule has 0 radical (unpaired) electrons. The monoisotopic (exact) mass is 212 g/mol. The maximum Gasteiger partial charge on any atom is 0.249 e. The van der Waals surface area contributed by atoms with E-state index in [0.717, 1.165) is 25.9 Å². The molecule has 1 amide bonds. The van der Waals surface area contributed by atoms with Crippen molar-refractivity contribution in [3.8, 4) is 0 Å². The molecule has 0 aromatic carbocycles. The third-order valence-corrected chi connectivity index (χ3v) is 2.84. The third-order valence-electron chi connectivity index (χ3n) is 2.84. The topological polar surface area (TPSA) is 43.8 Å². The van der Waals surface area contributed by atoms with Crippen LogP contribution in [0.3, 0.4) is 0 Å². The van der Waals surface area contributed by atoms with Crippen LogP contribution in [0.2, 0.25) is 0 Å². The third kappa shape index (κ3) is 3.55. The van der Waals surface area contributed by atoms with Gasteiger partial charge in [0.2, 0.25) is 5.91 Å². The zero-order chi connectivity index (χ0) is 11.4. The van der Waals surface area contributed by atoms with Gasteiger partial charge in [0.15, 0.2) is 0 Å². The van der Waals surface area contributed by atoms with Gasteiger partial charge >= 0.3 is 0 Å². The van der Waals surface area contributed by atoms with Gasteiger partial charge in [0.25, 0.3) is 0 Å². The molecular formula is C11H20N2O2. The Labute approximate surface area is 91.2 Å². The van der Waals surface area contributed by atoms with Gasteiger partial charge in [-0.1, -0.05) is 0 Å². The number of aliphatic hydroxyl groups is 1. The summed E-state index contributed by atoms with van der Waals surface area (Å²) in [7, 11) is 4.14. The van der Waals surface area contributed by atoms with Gasteiger partial charge in [-0.3, -0.25) is 4.79 Å². The Hall–Kier alpha value is -1.03. The summed E-state index contributed by atoms with van der Waals surface area (Å²) in [6.45, 7) is 3.08. The quantitative estimate of drug-likeness (QED) is 0.548. The predicted octanol–water partition coefficient (Wildman–Crippen LogP) is 1.00. The molecule has 1 aliphatic rings. The molecular weight excluding hydrogens is 192 g/mol. The molecule has 1 saturated heterocycles. The SMILES string of the molecule is CC(O)=CC(=O)N1CCC(N(C)C)CC1. The summed E-state index contributed by atoms with van der Waals surface area (Å²) >= 11 is 0. The molecule has 0 spiro atoms. The van der Waals surface area contributed by atoms with Crippen molar-refractivity contribution in [1.82, 2.24) is 9.80 Å². The van der Waals surface area contributed by atoms with Crippen LogP contribution >= 0.6 is 0 Å². The second-order valence-electron chi connectivity index (χ2n) is 4.31. The minimum Gasteiger partial charge on any atom is -0.512 e. The van der Waals surface area contributed by atoms with E-state index >= 15 is 0 Å². The Morgan fingerprint density at radius 3 is 2.33 bits per heavy atom. The van der Waals surface area contributed by atoms with E-state index in [1.807, 2.05) is 0 Å². The van der Waals surface area contributed by atoms with Crippen LogP contribution in [-0.4, -0.2) is 54.0 Å². The van der Waals surface area contributed by atoms with Crippen LogP contribution in [0.4, 0.5) is 0 Å². The molecule has 1 fully saturated rings. The molecule has 0 saturated carbocycles. The van der Waals surface area contributed by atoms with Gasteiger partial charge < -0.3 is 14.9 Å². The summed E-state index contributed by atoms with van der Waals surface area (Å²) in [6, 6.07) is 0.577. The van der Waals surface area contributed by atoms with Gasteiger partial charge in [-0.25, -0.2) is 0 Å². The zero-order valence-corrected chi connectivity index (χ0v) is 9.73. The van der Waals surface area contributed by atoms with Gasteiger partial charge in [-0.05, 0) is 33.9 Å². The van der Waals surface area contributed by atoms with E-state index < -0.39 is 0 Å². The van der Waals surface area contributed by atoms with Crippen molar-refractivity contribution in [2.45, 2.75) is 25.8 Å². The van der Waals surface area contributed by atoms with Crippen molar-refractivity contribution in [1.29, 1.82) is 0 Å². The van der Waals surface area contributed by atoms with E-state index in [9.17, 15) is 4.79 Å². The number of rotatable bonds is 2. The van der Waals surface area contributed by atoms with Crippen molar-refractivity contribution in [3.05, 3.63) is 11.8 Å². The largest absolute Gasteiger partial charge is 0.512 e. The minimum atomic E-state index is -0.0767. The van der Waals surface area contributed by atoms with Crippen molar-refractivity contribution in [2.24, 2.45) is 0 Å². The molecule has 0 aliphatic carbocycles. The molecule has 0 unspecified atom stereocenters. The maximum absolute atomic E-state index is 11.6. The summed E-state index contributed by atoms with van der Waals surface area (Å²) in [6.07, 6.45) is 3.31. The summed E-state index contributed by atoms with van der Waals surface area (Å²) in [4.78, 5) is 15.6. The lowest BCUT2D eigenvalue weighted by atomic mass is 10.0. The Kier molecular flexibility index (Phi) is 4.15. The Bertz CT molecular complexity index is 249. The number of carbonyl (C=O) groups excluding carboxylic acids is 1. The molecule has 86 valence electrons. The number of nitrogens with zero attached hydrogens (tertiary/aromatic N) is 2. The Morgan fingerprint density at radius 2 is 1.93 bits per heavy atom. The van der Waals surface area contributed by atoms with Crippen LogP contribution in [-0.2, 0) is 4.79 Å². The zero-order valence-electron chi connectivity index (χ0n) is 9.73. The number of carbonyl (C=O) groups is 1. The number of hydrogen-bond donors (Lipinski definition) is 1. The number of likely N-dealkylation sites (tertiary alicyclic amines) is 1. The second kappa shape index (κ2) is 5.16. The van der Waals surface area contributed by atoms with Gasteiger partial charge in [0.1, 0.15) is 0 Å². The van der Waals surface area contributed by atoms with Crippen LogP contribution in [0.15, 0.2) is 11.8 Å². The summed E-state index contributed by atoms with van der Waals surface area (Å²) in [5.74, 6) is 0.00180. The van der Waals surface area contributed by atoms with E-state index in [2.05, 4.69) is 19.0 Å². The summed E-state index contributed by atoms with van der Waals surface area (Å²) in [5, 5.41) is 9.00. The normalized spacial score (nSPS) is 19.7. The van der Waals surface area contributed by atoms with Gasteiger partial charge in [0.05, 0.1) is 5.76 Å². The molecule has 1 aliphatic heterocycles. The number of allylic oxidation sites excluding steroid dienone is 1. The second-order valence-corrected chi connectivity index (χ2v) is 4.31. The van der Waals surface area contributed by atoms with Crippen LogP contribution in [0, 0.1) is 0 Å². The summed E-state index contributed by atoms with van der Waals surface area (Å²) < 4.78 is 0. The van der Waals surface area contributed by atoms with Crippen molar-refractivity contribution >= 4 is 5.91 Å². The minimum absolute atomic E-state index is 0.0767. The van der Waals surface area contributed by atoms with Crippen molar-refractivity contribution in [3.63, 3.8) is 0 Å². The Morgan fingerprint density at radius 1 is 1.40 bits per heavy atom. The lowest BCUT2D eigenvalue weighted by Crippen LogP contribution is -2.44. The molecule has 0 atom stereocenters. The molecule has 0 aromatic heterocycles. The van der Waals surface area contributed by atoms with Crippen molar-refractivity contribution in [2.75, 3.05) is 27.2 Å². The number of aliphatic hydroxyl groups excluding tert-OH is 1. The number of hydrogen-bond acceptors (Lipinski definition) is 3. The lowest BCUT2D eigenvalue weighted by molar-refractivity contribution is -0.127.